The van der Waals surface area contributed by atoms with Gasteiger partial charge < -0.3 is 10.1 Å². The molecule has 3 aromatic rings. The van der Waals surface area contributed by atoms with Crippen LogP contribution in [0.2, 0.25) is 0 Å². The molecule has 0 bridgehead atoms. The van der Waals surface area contributed by atoms with Crippen molar-refractivity contribution in [2.75, 3.05) is 0 Å². The molecule has 1 aliphatic rings. The minimum Gasteiger partial charge on any atom is -0.507 e. The Morgan fingerprint density at radius 1 is 1.16 bits per heavy atom. The van der Waals surface area contributed by atoms with Gasteiger partial charge in [-0.05, 0) is 80.0 Å². The number of H-pyrrole nitrogens is 1. The van der Waals surface area contributed by atoms with Crippen LogP contribution in [-0.4, -0.2) is 15.1 Å². The normalized spacial score (nSPS) is 14.3. The second-order valence-electron chi connectivity index (χ2n) is 6.68. The molecule has 2 aromatic heterocycles. The molecule has 0 fully saturated rings. The number of thiophene rings is 1. The summed E-state index contributed by atoms with van der Waals surface area (Å²) in [6, 6.07) is 3.83. The van der Waals surface area contributed by atoms with Crippen molar-refractivity contribution in [3.8, 4) is 5.75 Å². The van der Waals surface area contributed by atoms with Crippen LogP contribution in [0.4, 0.5) is 0 Å². The summed E-state index contributed by atoms with van der Waals surface area (Å²) in [6.45, 7) is 3.75. The van der Waals surface area contributed by atoms with Gasteiger partial charge in [-0.3, -0.25) is 4.79 Å². The molecule has 5 heteroatoms. The van der Waals surface area contributed by atoms with Crippen molar-refractivity contribution < 1.29 is 5.11 Å². The number of aromatic hydroxyl groups is 1. The maximum Gasteiger partial charge on any atom is 0.260 e. The van der Waals surface area contributed by atoms with Crippen molar-refractivity contribution in [3.63, 3.8) is 0 Å². The fourth-order valence-electron chi connectivity index (χ4n) is 3.52. The third kappa shape index (κ3) is 2.89. The van der Waals surface area contributed by atoms with Crippen molar-refractivity contribution >= 4 is 33.7 Å². The van der Waals surface area contributed by atoms with Crippen LogP contribution in [0.15, 0.2) is 16.9 Å². The van der Waals surface area contributed by atoms with E-state index in [1.165, 1.54) is 16.9 Å². The highest BCUT2D eigenvalue weighted by Crippen LogP contribution is 2.33. The van der Waals surface area contributed by atoms with E-state index in [4.69, 9.17) is 0 Å². The molecule has 4 rings (SSSR count). The van der Waals surface area contributed by atoms with Gasteiger partial charge in [0.15, 0.2) is 0 Å². The number of hydrogen-bond donors (Lipinski definition) is 2. The molecule has 0 amide bonds. The highest BCUT2D eigenvalue weighted by molar-refractivity contribution is 7.18. The van der Waals surface area contributed by atoms with E-state index < -0.39 is 0 Å². The van der Waals surface area contributed by atoms with Crippen LogP contribution in [0.5, 0.6) is 5.75 Å². The Kier molecular flexibility index (Phi) is 3.96. The maximum atomic E-state index is 12.5. The molecule has 0 unspecified atom stereocenters. The highest BCUT2D eigenvalue weighted by Gasteiger charge is 2.19. The van der Waals surface area contributed by atoms with E-state index in [1.807, 2.05) is 38.1 Å². The summed E-state index contributed by atoms with van der Waals surface area (Å²) >= 11 is 1.66. The lowest BCUT2D eigenvalue weighted by Gasteiger charge is -2.09. The van der Waals surface area contributed by atoms with E-state index in [0.29, 0.717) is 11.6 Å². The minimum absolute atomic E-state index is 0.0397. The van der Waals surface area contributed by atoms with Gasteiger partial charge in [0.1, 0.15) is 16.4 Å². The van der Waals surface area contributed by atoms with Gasteiger partial charge >= 0.3 is 0 Å². The number of nitrogens with one attached hydrogen (secondary N) is 1. The average Bonchev–Trinajstić information content (AvgIpc) is 2.96. The predicted octanol–water partition coefficient (Wildman–Crippen LogP) is 4.36. The molecule has 0 atom stereocenters. The van der Waals surface area contributed by atoms with Gasteiger partial charge in [-0.1, -0.05) is 6.08 Å². The number of phenolic OH excluding ortho intramolecular Hbond substituents is 1. The van der Waals surface area contributed by atoms with Crippen LogP contribution in [0, 0.1) is 13.8 Å². The summed E-state index contributed by atoms with van der Waals surface area (Å²) in [6.07, 6.45) is 8.14. The summed E-state index contributed by atoms with van der Waals surface area (Å²) in [5.41, 5.74) is 3.81. The zero-order valence-electron chi connectivity index (χ0n) is 14.3. The lowest BCUT2D eigenvalue weighted by Crippen LogP contribution is -2.11. The van der Waals surface area contributed by atoms with E-state index in [0.717, 1.165) is 46.2 Å². The quantitative estimate of drug-likeness (QED) is 0.720. The number of phenols is 1. The number of aryl methyl sites for hydroxylation is 4. The Morgan fingerprint density at radius 2 is 1.88 bits per heavy atom. The number of aromatic amines is 1. The first kappa shape index (κ1) is 16.1. The zero-order chi connectivity index (χ0) is 17.6. The molecule has 0 aliphatic heterocycles. The highest BCUT2D eigenvalue weighted by atomic mass is 32.1. The first-order valence-corrected chi connectivity index (χ1v) is 9.37. The largest absolute Gasteiger partial charge is 0.507 e. The van der Waals surface area contributed by atoms with E-state index in [-0.39, 0.29) is 5.56 Å². The van der Waals surface area contributed by atoms with Crippen molar-refractivity contribution in [1.29, 1.82) is 0 Å². The van der Waals surface area contributed by atoms with Crippen LogP contribution in [0.25, 0.3) is 22.4 Å². The molecular weight excluding hydrogens is 332 g/mol. The summed E-state index contributed by atoms with van der Waals surface area (Å²) < 4.78 is 0. The molecule has 4 nitrogen and oxygen atoms in total. The summed E-state index contributed by atoms with van der Waals surface area (Å²) in [7, 11) is 0. The summed E-state index contributed by atoms with van der Waals surface area (Å²) in [5, 5.41) is 10.7. The molecule has 1 aromatic carbocycles. The third-order valence-electron chi connectivity index (χ3n) is 4.79. The van der Waals surface area contributed by atoms with Crippen LogP contribution < -0.4 is 5.56 Å². The molecule has 0 saturated heterocycles. The number of fused-ring (bicyclic) bond motifs is 3. The fourth-order valence-corrected chi connectivity index (χ4v) is 4.79. The Bertz CT molecular complexity index is 1040. The molecule has 0 saturated carbocycles. The SMILES string of the molecule is Cc1cc(/C=C/c2nc3sc4c(c3c(=O)[nH]2)CCCC4)cc(C)c1O. The van der Waals surface area contributed by atoms with E-state index in [9.17, 15) is 9.90 Å². The average molecular weight is 352 g/mol. The number of rotatable bonds is 2. The number of benzene rings is 1. The zero-order valence-corrected chi connectivity index (χ0v) is 15.2. The van der Waals surface area contributed by atoms with Crippen LogP contribution in [0.3, 0.4) is 0 Å². The predicted molar refractivity (Wildman–Crippen MR) is 103 cm³/mol. The van der Waals surface area contributed by atoms with Gasteiger partial charge in [-0.2, -0.15) is 0 Å². The topological polar surface area (TPSA) is 66.0 Å². The van der Waals surface area contributed by atoms with Gasteiger partial charge in [0.05, 0.1) is 5.39 Å². The van der Waals surface area contributed by atoms with Crippen LogP contribution >= 0.6 is 11.3 Å². The van der Waals surface area contributed by atoms with Crippen molar-refractivity contribution in [2.24, 2.45) is 0 Å². The van der Waals surface area contributed by atoms with E-state index in [2.05, 4.69) is 9.97 Å². The Hall–Kier alpha value is -2.40. The molecule has 2 N–H and O–H groups in total. The van der Waals surface area contributed by atoms with Crippen molar-refractivity contribution in [2.45, 2.75) is 39.5 Å². The standard InChI is InChI=1S/C20H20N2O2S/c1-11-9-13(10-12(2)18(11)23)7-8-16-21-19(24)17-14-5-3-4-6-15(14)25-20(17)22-16/h7-10,23H,3-6H2,1-2H3,(H,21,22,24)/b8-7+. The van der Waals surface area contributed by atoms with Gasteiger partial charge in [0.25, 0.3) is 5.56 Å². The summed E-state index contributed by atoms with van der Waals surface area (Å²) in [5.74, 6) is 0.897. The van der Waals surface area contributed by atoms with Crippen LogP contribution in [-0.2, 0) is 12.8 Å². The molecular formula is C20H20N2O2S. The molecule has 2 heterocycles. The lowest BCUT2D eigenvalue weighted by molar-refractivity contribution is 0.467. The lowest BCUT2D eigenvalue weighted by atomic mass is 9.97. The van der Waals surface area contributed by atoms with Gasteiger partial charge in [-0.15, -0.1) is 11.3 Å². The fraction of sp³-hybridized carbons (Fsp3) is 0.300. The van der Waals surface area contributed by atoms with Gasteiger partial charge in [-0.25, -0.2) is 4.98 Å². The minimum atomic E-state index is -0.0397. The van der Waals surface area contributed by atoms with Crippen LogP contribution in [0.1, 0.15) is 45.8 Å². The molecule has 0 radical (unpaired) electrons. The van der Waals surface area contributed by atoms with Gasteiger partial charge in [0, 0.05) is 4.88 Å². The molecule has 0 spiro atoms. The van der Waals surface area contributed by atoms with Crippen molar-refractivity contribution in [1.82, 2.24) is 9.97 Å². The smallest absolute Gasteiger partial charge is 0.260 e. The van der Waals surface area contributed by atoms with Gasteiger partial charge in [0.2, 0.25) is 0 Å². The van der Waals surface area contributed by atoms with Crippen molar-refractivity contribution in [3.05, 3.63) is 55.4 Å². The van der Waals surface area contributed by atoms with E-state index >= 15 is 0 Å². The Morgan fingerprint density at radius 3 is 2.64 bits per heavy atom. The second-order valence-corrected chi connectivity index (χ2v) is 7.76. The number of aromatic nitrogens is 2. The molecule has 1 aliphatic carbocycles. The first-order valence-electron chi connectivity index (χ1n) is 8.56. The molecule has 128 valence electrons. The maximum absolute atomic E-state index is 12.5. The number of hydrogen-bond acceptors (Lipinski definition) is 4. The summed E-state index contributed by atoms with van der Waals surface area (Å²) in [4.78, 5) is 22.3. The third-order valence-corrected chi connectivity index (χ3v) is 5.98. The second kappa shape index (κ2) is 6.15. The first-order chi connectivity index (χ1) is 12.0. The molecule has 25 heavy (non-hydrogen) atoms. The Labute approximate surface area is 149 Å². The van der Waals surface area contributed by atoms with E-state index in [1.54, 1.807) is 11.3 Å². The monoisotopic (exact) mass is 352 g/mol. The Balaban J connectivity index is 1.74. The number of nitrogens with zero attached hydrogens (tertiary/aromatic N) is 1.